The zero-order chi connectivity index (χ0) is 12.3. The van der Waals surface area contributed by atoms with Crippen LogP contribution in [-0.4, -0.2) is 12.6 Å². The molecule has 1 saturated carbocycles. The van der Waals surface area contributed by atoms with Crippen LogP contribution in [0.2, 0.25) is 0 Å². The van der Waals surface area contributed by atoms with Crippen molar-refractivity contribution in [3.63, 3.8) is 0 Å². The summed E-state index contributed by atoms with van der Waals surface area (Å²) in [6.45, 7) is 4.47. The Bertz CT molecular complexity index is 398. The molecule has 0 bridgehead atoms. The van der Waals surface area contributed by atoms with Crippen molar-refractivity contribution in [1.29, 1.82) is 0 Å². The van der Waals surface area contributed by atoms with Gasteiger partial charge in [-0.05, 0) is 44.6 Å². The number of esters is 1. The molecule has 0 spiro atoms. The van der Waals surface area contributed by atoms with Gasteiger partial charge < -0.3 is 4.74 Å². The molecule has 2 nitrogen and oxygen atoms in total. The average Bonchev–Trinajstić information content (AvgIpc) is 2.78. The molecule has 0 aromatic heterocycles. The van der Waals surface area contributed by atoms with E-state index in [1.165, 1.54) is 11.1 Å². The van der Waals surface area contributed by atoms with Crippen LogP contribution >= 0.6 is 0 Å². The van der Waals surface area contributed by atoms with Gasteiger partial charge in [-0.2, -0.15) is 0 Å². The first-order valence-corrected chi connectivity index (χ1v) is 6.44. The molecule has 2 rings (SSSR count). The first kappa shape index (κ1) is 12.2. The molecule has 1 aromatic rings. The van der Waals surface area contributed by atoms with Gasteiger partial charge in [-0.1, -0.05) is 29.8 Å². The highest BCUT2D eigenvalue weighted by Crippen LogP contribution is 2.38. The molecule has 92 valence electrons. The maximum absolute atomic E-state index is 11.7. The standard InChI is InChI=1S/C15H20O2/c1-3-17-15(16)14-8-7-13(10-14)12-6-4-5-11(2)9-12/h4-6,9,13-14H,3,7-8,10H2,1-2H3. The summed E-state index contributed by atoms with van der Waals surface area (Å²) in [7, 11) is 0. The molecule has 1 fully saturated rings. The van der Waals surface area contributed by atoms with Gasteiger partial charge in [-0.3, -0.25) is 4.79 Å². The van der Waals surface area contributed by atoms with Gasteiger partial charge in [0, 0.05) is 0 Å². The summed E-state index contributed by atoms with van der Waals surface area (Å²) in [4.78, 5) is 11.7. The fourth-order valence-corrected chi connectivity index (χ4v) is 2.68. The molecule has 0 aliphatic heterocycles. The quantitative estimate of drug-likeness (QED) is 0.746. The molecule has 2 atom stereocenters. The molecule has 0 radical (unpaired) electrons. The van der Waals surface area contributed by atoms with Crippen LogP contribution in [0.5, 0.6) is 0 Å². The largest absolute Gasteiger partial charge is 0.466 e. The number of rotatable bonds is 3. The fourth-order valence-electron chi connectivity index (χ4n) is 2.68. The second-order valence-electron chi connectivity index (χ2n) is 4.87. The van der Waals surface area contributed by atoms with E-state index in [1.54, 1.807) is 0 Å². The molecule has 0 amide bonds. The van der Waals surface area contributed by atoms with Crippen LogP contribution in [0.4, 0.5) is 0 Å². The SMILES string of the molecule is CCOC(=O)C1CCC(c2cccc(C)c2)C1. The summed E-state index contributed by atoms with van der Waals surface area (Å²) in [6.07, 6.45) is 3.02. The monoisotopic (exact) mass is 232 g/mol. The summed E-state index contributed by atoms with van der Waals surface area (Å²) in [5, 5.41) is 0. The Morgan fingerprint density at radius 2 is 2.24 bits per heavy atom. The molecular formula is C15H20O2. The highest BCUT2D eigenvalue weighted by atomic mass is 16.5. The highest BCUT2D eigenvalue weighted by molar-refractivity contribution is 5.73. The molecular weight excluding hydrogens is 212 g/mol. The topological polar surface area (TPSA) is 26.3 Å². The van der Waals surface area contributed by atoms with Crippen molar-refractivity contribution in [1.82, 2.24) is 0 Å². The second kappa shape index (κ2) is 5.35. The lowest BCUT2D eigenvalue weighted by Gasteiger charge is -2.11. The molecule has 1 aliphatic carbocycles. The van der Waals surface area contributed by atoms with Crippen molar-refractivity contribution < 1.29 is 9.53 Å². The van der Waals surface area contributed by atoms with Crippen molar-refractivity contribution in [2.75, 3.05) is 6.61 Å². The van der Waals surface area contributed by atoms with E-state index in [2.05, 4.69) is 31.2 Å². The molecule has 1 aromatic carbocycles. The van der Waals surface area contributed by atoms with Gasteiger partial charge >= 0.3 is 5.97 Å². The maximum Gasteiger partial charge on any atom is 0.308 e. The highest BCUT2D eigenvalue weighted by Gasteiger charge is 2.31. The smallest absolute Gasteiger partial charge is 0.308 e. The van der Waals surface area contributed by atoms with Crippen LogP contribution in [0, 0.1) is 12.8 Å². The minimum Gasteiger partial charge on any atom is -0.466 e. The van der Waals surface area contributed by atoms with E-state index >= 15 is 0 Å². The molecule has 0 heterocycles. The number of carbonyl (C=O) groups is 1. The molecule has 2 unspecified atom stereocenters. The average molecular weight is 232 g/mol. The van der Waals surface area contributed by atoms with E-state index in [0.717, 1.165) is 19.3 Å². The first-order valence-electron chi connectivity index (χ1n) is 6.44. The normalized spacial score (nSPS) is 23.6. The molecule has 0 saturated heterocycles. The number of aryl methyl sites for hydroxylation is 1. The number of ether oxygens (including phenoxy) is 1. The third-order valence-corrected chi connectivity index (χ3v) is 3.57. The molecule has 0 N–H and O–H groups in total. The third-order valence-electron chi connectivity index (χ3n) is 3.57. The second-order valence-corrected chi connectivity index (χ2v) is 4.87. The van der Waals surface area contributed by atoms with E-state index in [-0.39, 0.29) is 11.9 Å². The van der Waals surface area contributed by atoms with Gasteiger partial charge in [0.1, 0.15) is 0 Å². The summed E-state index contributed by atoms with van der Waals surface area (Å²) in [5.74, 6) is 0.632. The maximum atomic E-state index is 11.7. The number of hydrogen-bond acceptors (Lipinski definition) is 2. The van der Waals surface area contributed by atoms with E-state index in [0.29, 0.717) is 12.5 Å². The Labute approximate surface area is 103 Å². The van der Waals surface area contributed by atoms with Crippen molar-refractivity contribution in [3.8, 4) is 0 Å². The predicted molar refractivity (Wildman–Crippen MR) is 67.9 cm³/mol. The lowest BCUT2D eigenvalue weighted by Crippen LogP contribution is -2.14. The van der Waals surface area contributed by atoms with E-state index in [9.17, 15) is 4.79 Å². The van der Waals surface area contributed by atoms with Crippen molar-refractivity contribution in [3.05, 3.63) is 35.4 Å². The van der Waals surface area contributed by atoms with Gasteiger partial charge in [0.2, 0.25) is 0 Å². The minimum absolute atomic E-state index is 0.0114. The van der Waals surface area contributed by atoms with Gasteiger partial charge in [0.15, 0.2) is 0 Å². The van der Waals surface area contributed by atoms with Crippen LogP contribution in [0.15, 0.2) is 24.3 Å². The van der Waals surface area contributed by atoms with E-state index in [1.807, 2.05) is 6.92 Å². The summed E-state index contributed by atoms with van der Waals surface area (Å²) in [6, 6.07) is 8.62. The lowest BCUT2D eigenvalue weighted by molar-refractivity contribution is -0.147. The van der Waals surface area contributed by atoms with Crippen LogP contribution in [0.3, 0.4) is 0 Å². The van der Waals surface area contributed by atoms with Crippen molar-refractivity contribution in [2.24, 2.45) is 5.92 Å². The van der Waals surface area contributed by atoms with Gasteiger partial charge in [0.05, 0.1) is 12.5 Å². The van der Waals surface area contributed by atoms with E-state index < -0.39 is 0 Å². The summed E-state index contributed by atoms with van der Waals surface area (Å²) in [5.41, 5.74) is 2.67. The third kappa shape index (κ3) is 2.87. The van der Waals surface area contributed by atoms with Crippen molar-refractivity contribution >= 4 is 5.97 Å². The Morgan fingerprint density at radius 3 is 2.94 bits per heavy atom. The Morgan fingerprint density at radius 1 is 1.41 bits per heavy atom. The van der Waals surface area contributed by atoms with E-state index in [4.69, 9.17) is 4.74 Å². The Balaban J connectivity index is 2.00. The molecule has 17 heavy (non-hydrogen) atoms. The lowest BCUT2D eigenvalue weighted by atomic mass is 9.95. The van der Waals surface area contributed by atoms with Crippen LogP contribution in [-0.2, 0) is 9.53 Å². The summed E-state index contributed by atoms with van der Waals surface area (Å²) < 4.78 is 5.09. The minimum atomic E-state index is -0.0114. The first-order chi connectivity index (χ1) is 8.20. The van der Waals surface area contributed by atoms with Crippen LogP contribution < -0.4 is 0 Å². The van der Waals surface area contributed by atoms with Gasteiger partial charge in [-0.25, -0.2) is 0 Å². The van der Waals surface area contributed by atoms with Crippen LogP contribution in [0.25, 0.3) is 0 Å². The molecule has 2 heteroatoms. The summed E-state index contributed by atoms with van der Waals surface area (Å²) >= 11 is 0. The van der Waals surface area contributed by atoms with Gasteiger partial charge in [-0.15, -0.1) is 0 Å². The Kier molecular flexibility index (Phi) is 3.82. The number of benzene rings is 1. The zero-order valence-corrected chi connectivity index (χ0v) is 10.6. The Hall–Kier alpha value is -1.31. The number of hydrogen-bond donors (Lipinski definition) is 0. The molecule has 1 aliphatic rings. The van der Waals surface area contributed by atoms with Gasteiger partial charge in [0.25, 0.3) is 0 Å². The number of carbonyl (C=O) groups excluding carboxylic acids is 1. The van der Waals surface area contributed by atoms with Crippen LogP contribution in [0.1, 0.15) is 43.2 Å². The predicted octanol–water partition coefficient (Wildman–Crippen LogP) is 3.44. The van der Waals surface area contributed by atoms with Crippen molar-refractivity contribution in [2.45, 2.75) is 39.0 Å². The fraction of sp³-hybridized carbons (Fsp3) is 0.533. The zero-order valence-electron chi connectivity index (χ0n) is 10.6.